The fraction of sp³-hybridized carbons (Fsp3) is 0.333. The Morgan fingerprint density at radius 2 is 1.76 bits per heavy atom. The van der Waals surface area contributed by atoms with E-state index < -0.39 is 16.1 Å². The number of aliphatic hydroxyl groups is 1. The second kappa shape index (κ2) is 5.73. The number of halogens is 3. The topological polar surface area (TPSA) is 66.4 Å². The SMILES string of the molecule is C[C@H](CO)NS(=O)(=O)c1c(Cl)cc(Cl)cc1Cl. The van der Waals surface area contributed by atoms with Crippen molar-refractivity contribution in [2.45, 2.75) is 17.9 Å². The summed E-state index contributed by atoms with van der Waals surface area (Å²) in [5.41, 5.74) is 0. The molecule has 0 saturated heterocycles. The highest BCUT2D eigenvalue weighted by molar-refractivity contribution is 7.89. The zero-order chi connectivity index (χ0) is 13.2. The first-order valence-electron chi connectivity index (χ1n) is 4.55. The summed E-state index contributed by atoms with van der Waals surface area (Å²) >= 11 is 17.3. The van der Waals surface area contributed by atoms with Gasteiger partial charge in [0, 0.05) is 11.1 Å². The van der Waals surface area contributed by atoms with Crippen LogP contribution in [0.4, 0.5) is 0 Å². The van der Waals surface area contributed by atoms with Gasteiger partial charge in [0.2, 0.25) is 10.0 Å². The van der Waals surface area contributed by atoms with Crippen molar-refractivity contribution >= 4 is 44.8 Å². The Labute approximate surface area is 115 Å². The van der Waals surface area contributed by atoms with Crippen molar-refractivity contribution in [3.8, 4) is 0 Å². The fourth-order valence-electron chi connectivity index (χ4n) is 1.15. The Kier molecular flexibility index (Phi) is 5.07. The highest BCUT2D eigenvalue weighted by atomic mass is 35.5. The lowest BCUT2D eigenvalue weighted by Crippen LogP contribution is -2.35. The lowest BCUT2D eigenvalue weighted by Gasteiger charge is -2.13. The van der Waals surface area contributed by atoms with Gasteiger partial charge in [-0.25, -0.2) is 13.1 Å². The van der Waals surface area contributed by atoms with E-state index in [4.69, 9.17) is 39.9 Å². The van der Waals surface area contributed by atoms with Gasteiger partial charge in [0.05, 0.1) is 16.7 Å². The average molecular weight is 319 g/mol. The van der Waals surface area contributed by atoms with Gasteiger partial charge in [-0.05, 0) is 19.1 Å². The molecule has 0 bridgehead atoms. The van der Waals surface area contributed by atoms with Gasteiger partial charge >= 0.3 is 0 Å². The van der Waals surface area contributed by atoms with Crippen LogP contribution in [0.15, 0.2) is 17.0 Å². The number of benzene rings is 1. The van der Waals surface area contributed by atoms with E-state index >= 15 is 0 Å². The maximum Gasteiger partial charge on any atom is 0.243 e. The second-order valence-corrected chi connectivity index (χ2v) is 6.31. The van der Waals surface area contributed by atoms with Crippen LogP contribution in [0.3, 0.4) is 0 Å². The first-order valence-corrected chi connectivity index (χ1v) is 7.17. The van der Waals surface area contributed by atoms with Crippen LogP contribution < -0.4 is 4.72 Å². The molecule has 1 rings (SSSR count). The molecule has 0 spiro atoms. The van der Waals surface area contributed by atoms with Gasteiger partial charge in [-0.15, -0.1) is 0 Å². The van der Waals surface area contributed by atoms with Crippen molar-refractivity contribution < 1.29 is 13.5 Å². The van der Waals surface area contributed by atoms with E-state index in [1.165, 1.54) is 19.1 Å². The van der Waals surface area contributed by atoms with Crippen LogP contribution in [0, 0.1) is 0 Å². The highest BCUT2D eigenvalue weighted by Crippen LogP contribution is 2.32. The van der Waals surface area contributed by atoms with Crippen LogP contribution >= 0.6 is 34.8 Å². The molecule has 0 saturated carbocycles. The summed E-state index contributed by atoms with van der Waals surface area (Å²) < 4.78 is 26.1. The molecule has 0 aliphatic heterocycles. The minimum Gasteiger partial charge on any atom is -0.395 e. The van der Waals surface area contributed by atoms with E-state index in [0.717, 1.165) is 0 Å². The summed E-state index contributed by atoms with van der Waals surface area (Å²) in [6, 6.07) is 1.93. The summed E-state index contributed by atoms with van der Waals surface area (Å²) in [4.78, 5) is -0.245. The van der Waals surface area contributed by atoms with Crippen molar-refractivity contribution in [2.24, 2.45) is 0 Å². The van der Waals surface area contributed by atoms with Gasteiger partial charge in [-0.3, -0.25) is 0 Å². The zero-order valence-corrected chi connectivity index (χ0v) is 11.8. The number of hydrogen-bond donors (Lipinski definition) is 2. The molecule has 0 aliphatic carbocycles. The molecule has 0 amide bonds. The first-order chi connectivity index (χ1) is 7.77. The number of aliphatic hydroxyl groups excluding tert-OH is 1. The third-order valence-corrected chi connectivity index (χ3v) is 4.59. The minimum atomic E-state index is -3.88. The van der Waals surface area contributed by atoms with E-state index in [9.17, 15) is 8.42 Å². The smallest absolute Gasteiger partial charge is 0.243 e. The fourth-order valence-corrected chi connectivity index (χ4v) is 3.93. The van der Waals surface area contributed by atoms with Crippen molar-refractivity contribution in [1.82, 2.24) is 4.72 Å². The normalized spacial score (nSPS) is 13.7. The van der Waals surface area contributed by atoms with Gasteiger partial charge in [-0.1, -0.05) is 34.8 Å². The lowest BCUT2D eigenvalue weighted by atomic mass is 10.4. The predicted molar refractivity (Wildman–Crippen MR) is 68.3 cm³/mol. The third-order valence-electron chi connectivity index (χ3n) is 1.86. The van der Waals surface area contributed by atoms with E-state index in [-0.39, 0.29) is 26.6 Å². The Hall–Kier alpha value is -0.0400. The Bertz CT molecular complexity index is 495. The molecule has 1 atom stereocenters. The number of nitrogens with one attached hydrogen (secondary N) is 1. The molecular weight excluding hydrogens is 309 g/mol. The Morgan fingerprint density at radius 3 is 2.18 bits per heavy atom. The molecule has 2 N–H and O–H groups in total. The van der Waals surface area contributed by atoms with E-state index in [1.807, 2.05) is 0 Å². The van der Waals surface area contributed by atoms with E-state index in [2.05, 4.69) is 4.72 Å². The van der Waals surface area contributed by atoms with Crippen LogP contribution in [-0.4, -0.2) is 26.2 Å². The summed E-state index contributed by atoms with van der Waals surface area (Å²) in [6.07, 6.45) is 0. The Morgan fingerprint density at radius 1 is 1.29 bits per heavy atom. The molecular formula is C9H10Cl3NO3S. The standard InChI is InChI=1S/C9H10Cl3NO3S/c1-5(4-14)13-17(15,16)9-7(11)2-6(10)3-8(9)12/h2-3,5,13-14H,4H2,1H3/t5-/m1/s1. The van der Waals surface area contributed by atoms with Crippen molar-refractivity contribution in [1.29, 1.82) is 0 Å². The largest absolute Gasteiger partial charge is 0.395 e. The van der Waals surface area contributed by atoms with Gasteiger partial charge in [-0.2, -0.15) is 0 Å². The molecule has 17 heavy (non-hydrogen) atoms. The lowest BCUT2D eigenvalue weighted by molar-refractivity contribution is 0.265. The molecule has 1 aromatic carbocycles. The van der Waals surface area contributed by atoms with Gasteiger partial charge in [0.1, 0.15) is 4.90 Å². The molecule has 1 aromatic rings. The first kappa shape index (κ1) is 15.0. The summed E-state index contributed by atoms with van der Waals surface area (Å²) in [6.45, 7) is 1.18. The maximum atomic E-state index is 11.9. The van der Waals surface area contributed by atoms with Crippen molar-refractivity contribution in [3.05, 3.63) is 27.2 Å². The molecule has 96 valence electrons. The Balaban J connectivity index is 3.25. The van der Waals surface area contributed by atoms with E-state index in [0.29, 0.717) is 0 Å². The predicted octanol–water partition coefficient (Wildman–Crippen LogP) is 2.31. The zero-order valence-electron chi connectivity index (χ0n) is 8.75. The van der Waals surface area contributed by atoms with E-state index in [1.54, 1.807) is 0 Å². The molecule has 0 aromatic heterocycles. The number of hydrogen-bond acceptors (Lipinski definition) is 3. The monoisotopic (exact) mass is 317 g/mol. The van der Waals surface area contributed by atoms with Gasteiger partial charge in [0.15, 0.2) is 0 Å². The summed E-state index contributed by atoms with van der Waals surface area (Å²) in [5, 5.41) is 8.92. The summed E-state index contributed by atoms with van der Waals surface area (Å²) in [5.74, 6) is 0. The number of sulfonamides is 1. The molecule has 0 heterocycles. The molecule has 0 fully saturated rings. The van der Waals surface area contributed by atoms with Gasteiger partial charge < -0.3 is 5.11 Å². The quantitative estimate of drug-likeness (QED) is 0.895. The van der Waals surface area contributed by atoms with Crippen LogP contribution in [-0.2, 0) is 10.0 Å². The van der Waals surface area contributed by atoms with Crippen molar-refractivity contribution in [2.75, 3.05) is 6.61 Å². The molecule has 0 aliphatic rings. The molecule has 0 unspecified atom stereocenters. The molecule has 0 radical (unpaired) electrons. The summed E-state index contributed by atoms with van der Waals surface area (Å²) in [7, 11) is -3.88. The van der Waals surface area contributed by atoms with Crippen molar-refractivity contribution in [3.63, 3.8) is 0 Å². The molecule has 8 heteroatoms. The maximum absolute atomic E-state index is 11.9. The van der Waals surface area contributed by atoms with Crippen LogP contribution in [0.5, 0.6) is 0 Å². The highest BCUT2D eigenvalue weighted by Gasteiger charge is 2.23. The second-order valence-electron chi connectivity index (χ2n) is 3.40. The van der Waals surface area contributed by atoms with Crippen LogP contribution in [0.1, 0.15) is 6.92 Å². The third kappa shape index (κ3) is 3.71. The average Bonchev–Trinajstić information content (AvgIpc) is 2.14. The minimum absolute atomic E-state index is 0.0693. The van der Waals surface area contributed by atoms with Crippen LogP contribution in [0.25, 0.3) is 0 Å². The molecule has 4 nitrogen and oxygen atoms in total. The number of rotatable bonds is 4. The van der Waals surface area contributed by atoms with Gasteiger partial charge in [0.25, 0.3) is 0 Å². The van der Waals surface area contributed by atoms with Crippen LogP contribution in [0.2, 0.25) is 15.1 Å².